The molecule has 2 nitrogen and oxygen atoms in total. The smallest absolute Gasteiger partial charge is 0.0930 e. The van der Waals surface area contributed by atoms with Gasteiger partial charge in [-0.15, -0.1) is 0 Å². The van der Waals surface area contributed by atoms with Gasteiger partial charge in [-0.1, -0.05) is 13.8 Å². The van der Waals surface area contributed by atoms with E-state index in [-0.39, 0.29) is 0 Å². The van der Waals surface area contributed by atoms with Crippen LogP contribution in [0.5, 0.6) is 0 Å². The predicted octanol–water partition coefficient (Wildman–Crippen LogP) is 4.30. The lowest BCUT2D eigenvalue weighted by atomic mass is 9.90. The molecule has 0 bridgehead atoms. The normalized spacial score (nSPS) is 11.6. The van der Waals surface area contributed by atoms with Gasteiger partial charge in [-0.2, -0.15) is 0 Å². The van der Waals surface area contributed by atoms with Crippen LogP contribution in [0.25, 0.3) is 11.0 Å². The maximum atomic E-state index is 4.80. The number of hydrogen-bond acceptors (Lipinski definition) is 2. The van der Waals surface area contributed by atoms with Crippen LogP contribution in [0.1, 0.15) is 53.4 Å². The van der Waals surface area contributed by atoms with E-state index in [1.165, 1.54) is 22.3 Å². The SMILES string of the molecule is Cc1nc2c(C)c(C)c(C)c(C(C)C)c2nc1C. The predicted molar refractivity (Wildman–Crippen MR) is 77.3 cm³/mol. The summed E-state index contributed by atoms with van der Waals surface area (Å²) in [6.45, 7) is 15.1. The van der Waals surface area contributed by atoms with Gasteiger partial charge < -0.3 is 0 Å². The summed E-state index contributed by atoms with van der Waals surface area (Å²) in [5.74, 6) is 0.475. The van der Waals surface area contributed by atoms with Crippen molar-refractivity contribution in [3.63, 3.8) is 0 Å². The Kier molecular flexibility index (Phi) is 3.14. The summed E-state index contributed by atoms with van der Waals surface area (Å²) < 4.78 is 0. The molecule has 0 atom stereocenters. The van der Waals surface area contributed by atoms with Crippen molar-refractivity contribution in [3.05, 3.63) is 33.6 Å². The zero-order valence-electron chi connectivity index (χ0n) is 12.5. The molecule has 18 heavy (non-hydrogen) atoms. The molecule has 1 aromatic carbocycles. The van der Waals surface area contributed by atoms with Crippen LogP contribution in [0.15, 0.2) is 0 Å². The molecule has 0 aliphatic heterocycles. The Morgan fingerprint density at radius 1 is 0.667 bits per heavy atom. The van der Waals surface area contributed by atoms with Gasteiger partial charge in [-0.3, -0.25) is 0 Å². The Bertz CT molecular complexity index is 625. The summed E-state index contributed by atoms with van der Waals surface area (Å²) in [5.41, 5.74) is 9.57. The summed E-state index contributed by atoms with van der Waals surface area (Å²) in [6.07, 6.45) is 0. The van der Waals surface area contributed by atoms with E-state index in [9.17, 15) is 0 Å². The summed E-state index contributed by atoms with van der Waals surface area (Å²) in [7, 11) is 0. The Hall–Kier alpha value is -1.44. The van der Waals surface area contributed by atoms with E-state index >= 15 is 0 Å². The second-order valence-corrected chi connectivity index (χ2v) is 5.54. The number of aromatic nitrogens is 2. The highest BCUT2D eigenvalue weighted by atomic mass is 14.8. The van der Waals surface area contributed by atoms with Crippen LogP contribution in [-0.4, -0.2) is 9.97 Å². The number of fused-ring (bicyclic) bond motifs is 1. The Morgan fingerprint density at radius 2 is 1.17 bits per heavy atom. The van der Waals surface area contributed by atoms with Gasteiger partial charge in [0.05, 0.1) is 22.4 Å². The van der Waals surface area contributed by atoms with E-state index in [4.69, 9.17) is 9.97 Å². The lowest BCUT2D eigenvalue weighted by Crippen LogP contribution is -2.05. The van der Waals surface area contributed by atoms with Crippen LogP contribution in [0, 0.1) is 34.6 Å². The van der Waals surface area contributed by atoms with Gasteiger partial charge in [-0.25, -0.2) is 9.97 Å². The van der Waals surface area contributed by atoms with Crippen LogP contribution in [-0.2, 0) is 0 Å². The van der Waals surface area contributed by atoms with Crippen LogP contribution in [0.4, 0.5) is 0 Å². The van der Waals surface area contributed by atoms with Crippen molar-refractivity contribution in [2.45, 2.75) is 54.4 Å². The number of benzene rings is 1. The van der Waals surface area contributed by atoms with Crippen molar-refractivity contribution in [2.75, 3.05) is 0 Å². The minimum Gasteiger partial charge on any atom is -0.249 e. The third kappa shape index (κ3) is 1.80. The van der Waals surface area contributed by atoms with Crippen molar-refractivity contribution >= 4 is 11.0 Å². The first-order valence-electron chi connectivity index (χ1n) is 6.59. The Balaban J connectivity index is 3.02. The van der Waals surface area contributed by atoms with Crippen LogP contribution in [0.3, 0.4) is 0 Å². The average Bonchev–Trinajstić information content (AvgIpc) is 2.29. The second kappa shape index (κ2) is 4.34. The van der Waals surface area contributed by atoms with Crippen molar-refractivity contribution in [1.82, 2.24) is 9.97 Å². The molecule has 0 fully saturated rings. The molecule has 0 saturated heterocycles. The quantitative estimate of drug-likeness (QED) is 0.745. The topological polar surface area (TPSA) is 25.8 Å². The molecular formula is C16H22N2. The molecule has 0 spiro atoms. The van der Waals surface area contributed by atoms with E-state index in [2.05, 4.69) is 34.6 Å². The highest BCUT2D eigenvalue weighted by molar-refractivity contribution is 5.85. The average molecular weight is 242 g/mol. The fraction of sp³-hybridized carbons (Fsp3) is 0.500. The van der Waals surface area contributed by atoms with Gasteiger partial charge in [0.15, 0.2) is 0 Å². The monoisotopic (exact) mass is 242 g/mol. The van der Waals surface area contributed by atoms with E-state index in [1.54, 1.807) is 0 Å². The van der Waals surface area contributed by atoms with Gasteiger partial charge >= 0.3 is 0 Å². The van der Waals surface area contributed by atoms with E-state index < -0.39 is 0 Å². The summed E-state index contributed by atoms with van der Waals surface area (Å²) in [6, 6.07) is 0. The highest BCUT2D eigenvalue weighted by Crippen LogP contribution is 2.32. The zero-order valence-corrected chi connectivity index (χ0v) is 12.5. The standard InChI is InChI=1S/C16H22N2/c1-8(2)14-10(4)9(3)11(5)15-16(14)18-13(7)12(6)17-15/h8H,1-7H3. The van der Waals surface area contributed by atoms with Gasteiger partial charge in [0.25, 0.3) is 0 Å². The number of hydrogen-bond donors (Lipinski definition) is 0. The van der Waals surface area contributed by atoms with Gasteiger partial charge in [0.2, 0.25) is 0 Å². The summed E-state index contributed by atoms with van der Waals surface area (Å²) in [5, 5.41) is 0. The molecule has 0 saturated carbocycles. The minimum absolute atomic E-state index is 0.475. The summed E-state index contributed by atoms with van der Waals surface area (Å²) in [4.78, 5) is 9.55. The molecular weight excluding hydrogens is 220 g/mol. The molecule has 2 heteroatoms. The third-order valence-electron chi connectivity index (χ3n) is 4.02. The lowest BCUT2D eigenvalue weighted by molar-refractivity contribution is 0.856. The molecule has 2 aromatic rings. The molecule has 96 valence electrons. The maximum absolute atomic E-state index is 4.80. The molecule has 0 unspecified atom stereocenters. The number of rotatable bonds is 1. The first-order chi connectivity index (χ1) is 8.34. The maximum Gasteiger partial charge on any atom is 0.0930 e. The number of nitrogens with zero attached hydrogens (tertiary/aromatic N) is 2. The molecule has 0 aliphatic carbocycles. The molecule has 1 aromatic heterocycles. The molecule has 2 rings (SSSR count). The van der Waals surface area contributed by atoms with Crippen molar-refractivity contribution in [1.29, 1.82) is 0 Å². The summed E-state index contributed by atoms with van der Waals surface area (Å²) >= 11 is 0. The van der Waals surface area contributed by atoms with Crippen molar-refractivity contribution in [2.24, 2.45) is 0 Å². The van der Waals surface area contributed by atoms with Gasteiger partial charge in [0.1, 0.15) is 0 Å². The number of aryl methyl sites for hydroxylation is 3. The third-order valence-corrected chi connectivity index (χ3v) is 4.02. The fourth-order valence-electron chi connectivity index (χ4n) is 2.60. The van der Waals surface area contributed by atoms with Crippen LogP contribution >= 0.6 is 0 Å². The first kappa shape index (κ1) is 13.0. The van der Waals surface area contributed by atoms with Crippen molar-refractivity contribution in [3.8, 4) is 0 Å². The molecule has 0 N–H and O–H groups in total. The van der Waals surface area contributed by atoms with Gasteiger partial charge in [-0.05, 0) is 62.8 Å². The Morgan fingerprint density at radius 3 is 1.67 bits per heavy atom. The lowest BCUT2D eigenvalue weighted by Gasteiger charge is -2.18. The first-order valence-corrected chi connectivity index (χ1v) is 6.59. The largest absolute Gasteiger partial charge is 0.249 e. The van der Waals surface area contributed by atoms with Crippen LogP contribution < -0.4 is 0 Å². The second-order valence-electron chi connectivity index (χ2n) is 5.54. The minimum atomic E-state index is 0.475. The molecule has 0 aliphatic rings. The van der Waals surface area contributed by atoms with E-state index in [0.717, 1.165) is 22.4 Å². The van der Waals surface area contributed by atoms with Crippen molar-refractivity contribution < 1.29 is 0 Å². The van der Waals surface area contributed by atoms with Gasteiger partial charge in [0, 0.05) is 0 Å². The van der Waals surface area contributed by atoms with Crippen LogP contribution in [0.2, 0.25) is 0 Å². The van der Waals surface area contributed by atoms with E-state index in [1.807, 2.05) is 13.8 Å². The highest BCUT2D eigenvalue weighted by Gasteiger charge is 2.17. The molecule has 0 amide bonds. The molecule has 1 heterocycles. The zero-order chi connectivity index (χ0) is 13.6. The molecule has 0 radical (unpaired) electrons. The van der Waals surface area contributed by atoms with E-state index in [0.29, 0.717) is 5.92 Å². The Labute approximate surface area is 109 Å². The fourth-order valence-corrected chi connectivity index (χ4v) is 2.60.